The van der Waals surface area contributed by atoms with Gasteiger partial charge in [0.05, 0.1) is 19.8 Å². The number of aryl methyl sites for hydroxylation is 1. The quantitative estimate of drug-likeness (QED) is 0.901. The summed E-state index contributed by atoms with van der Waals surface area (Å²) in [6.45, 7) is 6.13. The molecule has 2 aromatic rings. The molecule has 7 heteroatoms. The number of hydrogen-bond acceptors (Lipinski definition) is 5. The average Bonchev–Trinajstić information content (AvgIpc) is 3.07. The lowest BCUT2D eigenvalue weighted by Crippen LogP contribution is -2.47. The Labute approximate surface area is 146 Å². The van der Waals surface area contributed by atoms with Gasteiger partial charge in [-0.25, -0.2) is 9.78 Å². The normalized spacial score (nSPS) is 17.4. The zero-order chi connectivity index (χ0) is 17.6. The van der Waals surface area contributed by atoms with Gasteiger partial charge in [0.25, 0.3) is 0 Å². The van der Waals surface area contributed by atoms with Crippen molar-refractivity contribution in [1.82, 2.24) is 15.2 Å². The molecule has 1 fully saturated rings. The number of pyridine rings is 1. The van der Waals surface area contributed by atoms with Crippen molar-refractivity contribution < 1.29 is 18.7 Å². The van der Waals surface area contributed by atoms with Crippen LogP contribution < -0.4 is 10.1 Å². The molecule has 1 N–H and O–H groups in total. The van der Waals surface area contributed by atoms with Gasteiger partial charge >= 0.3 is 6.03 Å². The van der Waals surface area contributed by atoms with Gasteiger partial charge in [0.1, 0.15) is 17.6 Å². The molecule has 1 aliphatic rings. The topological polar surface area (TPSA) is 76.8 Å². The number of urea groups is 1. The highest BCUT2D eigenvalue weighted by Gasteiger charge is 2.30. The lowest BCUT2D eigenvalue weighted by atomic mass is 10.2. The highest BCUT2D eigenvalue weighted by Crippen LogP contribution is 2.26. The van der Waals surface area contributed by atoms with Crippen molar-refractivity contribution in [1.29, 1.82) is 0 Å². The average molecular weight is 345 g/mol. The second-order valence-corrected chi connectivity index (χ2v) is 5.79. The molecule has 3 heterocycles. The molecular weight excluding hydrogens is 322 g/mol. The van der Waals surface area contributed by atoms with Crippen molar-refractivity contribution in [2.24, 2.45) is 0 Å². The molecule has 0 aromatic carbocycles. The van der Waals surface area contributed by atoms with Crippen molar-refractivity contribution in [2.45, 2.75) is 26.4 Å². The molecule has 7 nitrogen and oxygen atoms in total. The molecule has 1 atom stereocenters. The number of nitrogens with zero attached hydrogens (tertiary/aromatic N) is 2. The number of carbonyl (C=O) groups excluding carboxylic acids is 1. The molecule has 25 heavy (non-hydrogen) atoms. The first-order chi connectivity index (χ1) is 12.2. The highest BCUT2D eigenvalue weighted by atomic mass is 16.5. The number of carbonyl (C=O) groups is 1. The molecule has 1 saturated heterocycles. The summed E-state index contributed by atoms with van der Waals surface area (Å²) < 4.78 is 16.7. The minimum absolute atomic E-state index is 0.159. The van der Waals surface area contributed by atoms with E-state index in [2.05, 4.69) is 10.3 Å². The molecular formula is C18H23N3O4. The van der Waals surface area contributed by atoms with E-state index in [1.807, 2.05) is 38.1 Å². The van der Waals surface area contributed by atoms with Crippen LogP contribution in [0, 0.1) is 6.92 Å². The molecule has 0 unspecified atom stereocenters. The number of rotatable bonds is 5. The summed E-state index contributed by atoms with van der Waals surface area (Å²) in [4.78, 5) is 18.6. The second-order valence-electron chi connectivity index (χ2n) is 5.79. The Morgan fingerprint density at radius 2 is 2.32 bits per heavy atom. The molecule has 0 radical (unpaired) electrons. The summed E-state index contributed by atoms with van der Waals surface area (Å²) in [5, 5.41) is 2.94. The van der Waals surface area contributed by atoms with Gasteiger partial charge in [-0.05, 0) is 32.0 Å². The van der Waals surface area contributed by atoms with Gasteiger partial charge in [-0.2, -0.15) is 0 Å². The fraction of sp³-hybridized carbons (Fsp3) is 0.444. The predicted octanol–water partition coefficient (Wildman–Crippen LogP) is 2.66. The molecule has 1 aliphatic heterocycles. The van der Waals surface area contributed by atoms with Crippen LogP contribution in [0.25, 0.3) is 0 Å². The van der Waals surface area contributed by atoms with Gasteiger partial charge < -0.3 is 24.1 Å². The Bertz CT molecular complexity index is 716. The third-order valence-corrected chi connectivity index (χ3v) is 4.04. The van der Waals surface area contributed by atoms with Crippen LogP contribution in [0.2, 0.25) is 0 Å². The third kappa shape index (κ3) is 4.11. The first-order valence-corrected chi connectivity index (χ1v) is 8.44. The van der Waals surface area contributed by atoms with Gasteiger partial charge in [0.15, 0.2) is 0 Å². The van der Waals surface area contributed by atoms with E-state index in [0.29, 0.717) is 38.8 Å². The van der Waals surface area contributed by atoms with Crippen LogP contribution in [0.5, 0.6) is 5.88 Å². The number of aromatic nitrogens is 1. The van der Waals surface area contributed by atoms with Crippen molar-refractivity contribution in [3.05, 3.63) is 47.5 Å². The van der Waals surface area contributed by atoms with E-state index in [1.54, 1.807) is 11.1 Å². The van der Waals surface area contributed by atoms with Gasteiger partial charge in [0, 0.05) is 24.8 Å². The van der Waals surface area contributed by atoms with Gasteiger partial charge in [0.2, 0.25) is 5.88 Å². The summed E-state index contributed by atoms with van der Waals surface area (Å²) in [6, 6.07) is 7.13. The Morgan fingerprint density at radius 3 is 3.08 bits per heavy atom. The first kappa shape index (κ1) is 17.3. The Kier molecular flexibility index (Phi) is 5.55. The van der Waals surface area contributed by atoms with Crippen molar-refractivity contribution in [3.8, 4) is 5.88 Å². The van der Waals surface area contributed by atoms with E-state index < -0.39 is 0 Å². The molecule has 0 saturated carbocycles. The van der Waals surface area contributed by atoms with Crippen molar-refractivity contribution in [2.75, 3.05) is 26.4 Å². The Morgan fingerprint density at radius 1 is 1.44 bits per heavy atom. The zero-order valence-corrected chi connectivity index (χ0v) is 14.5. The maximum atomic E-state index is 12.7. The predicted molar refractivity (Wildman–Crippen MR) is 91.4 cm³/mol. The summed E-state index contributed by atoms with van der Waals surface area (Å²) in [7, 11) is 0. The van der Waals surface area contributed by atoms with Crippen LogP contribution in [0.1, 0.15) is 30.0 Å². The monoisotopic (exact) mass is 345 g/mol. The molecule has 2 aromatic heterocycles. The van der Waals surface area contributed by atoms with Crippen molar-refractivity contribution >= 4 is 6.03 Å². The third-order valence-electron chi connectivity index (χ3n) is 4.04. The number of furan rings is 1. The number of hydrogen-bond donors (Lipinski definition) is 1. The largest absolute Gasteiger partial charge is 0.478 e. The second kappa shape index (κ2) is 8.02. The van der Waals surface area contributed by atoms with Crippen LogP contribution in [-0.4, -0.2) is 42.3 Å². The maximum Gasteiger partial charge on any atom is 0.318 e. The lowest BCUT2D eigenvalue weighted by molar-refractivity contribution is 0.00399. The number of ether oxygens (including phenoxy) is 2. The van der Waals surface area contributed by atoms with Gasteiger partial charge in [-0.3, -0.25) is 0 Å². The number of morpholine rings is 1. The molecule has 0 bridgehead atoms. The van der Waals surface area contributed by atoms with Crippen molar-refractivity contribution in [3.63, 3.8) is 0 Å². The summed E-state index contributed by atoms with van der Waals surface area (Å²) in [5.74, 6) is 2.10. The zero-order valence-electron chi connectivity index (χ0n) is 14.5. The van der Waals surface area contributed by atoms with E-state index in [4.69, 9.17) is 13.9 Å². The molecule has 2 amide bonds. The minimum Gasteiger partial charge on any atom is -0.478 e. The molecule has 0 aliphatic carbocycles. The van der Waals surface area contributed by atoms with E-state index in [0.717, 1.165) is 17.1 Å². The van der Waals surface area contributed by atoms with Gasteiger partial charge in [-0.15, -0.1) is 0 Å². The first-order valence-electron chi connectivity index (χ1n) is 8.44. The van der Waals surface area contributed by atoms with Crippen LogP contribution in [0.15, 0.2) is 34.9 Å². The fourth-order valence-corrected chi connectivity index (χ4v) is 2.81. The lowest BCUT2D eigenvalue weighted by Gasteiger charge is -2.34. The molecule has 3 rings (SSSR count). The Balaban J connectivity index is 1.67. The van der Waals surface area contributed by atoms with E-state index in [1.165, 1.54) is 0 Å². The van der Waals surface area contributed by atoms with E-state index in [9.17, 15) is 4.79 Å². The van der Waals surface area contributed by atoms with E-state index in [-0.39, 0.29) is 12.1 Å². The Hall–Kier alpha value is -2.54. The van der Waals surface area contributed by atoms with E-state index >= 15 is 0 Å². The smallest absolute Gasteiger partial charge is 0.318 e. The summed E-state index contributed by atoms with van der Waals surface area (Å²) >= 11 is 0. The maximum absolute atomic E-state index is 12.7. The van der Waals surface area contributed by atoms with Crippen LogP contribution in [0.4, 0.5) is 4.79 Å². The molecule has 0 spiro atoms. The summed E-state index contributed by atoms with van der Waals surface area (Å²) in [6.07, 6.45) is 1.67. The summed E-state index contributed by atoms with van der Waals surface area (Å²) in [5.41, 5.74) is 0.844. The molecule has 134 valence electrons. The fourth-order valence-electron chi connectivity index (χ4n) is 2.81. The van der Waals surface area contributed by atoms with Gasteiger partial charge in [-0.1, -0.05) is 6.07 Å². The number of amides is 2. The van der Waals surface area contributed by atoms with Crippen LogP contribution in [-0.2, 0) is 11.3 Å². The standard InChI is InChI=1S/C18H23N3O4/c1-3-24-17-14(5-4-8-19-17)11-20-18(22)21-9-10-23-12-15(21)16-7-6-13(2)25-16/h4-8,15H,3,9-12H2,1-2H3,(H,20,22)/t15-/m1/s1. The number of nitrogens with one attached hydrogen (secondary N) is 1. The van der Waals surface area contributed by atoms with Crippen LogP contribution >= 0.6 is 0 Å². The van der Waals surface area contributed by atoms with Crippen LogP contribution in [0.3, 0.4) is 0 Å². The minimum atomic E-state index is -0.220. The SMILES string of the molecule is CCOc1ncccc1CNC(=O)N1CCOC[C@@H]1c1ccc(C)o1. The highest BCUT2D eigenvalue weighted by molar-refractivity contribution is 5.74.